The van der Waals surface area contributed by atoms with Gasteiger partial charge in [0.1, 0.15) is 6.04 Å². The molecule has 0 aromatic heterocycles. The second-order valence-corrected chi connectivity index (χ2v) is 5.78. The highest BCUT2D eigenvalue weighted by molar-refractivity contribution is 5.83. The summed E-state index contributed by atoms with van der Waals surface area (Å²) < 4.78 is 5.20. The minimum atomic E-state index is -0.969. The van der Waals surface area contributed by atoms with Crippen LogP contribution >= 0.6 is 0 Å². The highest BCUT2D eigenvalue weighted by Crippen LogP contribution is 2.21. The first-order valence-corrected chi connectivity index (χ1v) is 7.60. The number of likely N-dealkylation sites (tertiary alicyclic amines) is 2. The molecule has 7 nitrogen and oxygen atoms in total. The summed E-state index contributed by atoms with van der Waals surface area (Å²) >= 11 is 0. The van der Waals surface area contributed by atoms with Gasteiger partial charge in [-0.2, -0.15) is 0 Å². The topological polar surface area (TPSA) is 82.1 Å². The number of likely N-dealkylation sites (N-methyl/N-ethyl adjacent to an activating group) is 1. The lowest BCUT2D eigenvalue weighted by Gasteiger charge is -2.33. The van der Waals surface area contributed by atoms with E-state index in [9.17, 15) is 14.7 Å². The molecule has 2 amide bonds. The number of ether oxygens (including phenoxy) is 1. The normalized spacial score (nSPS) is 30.4. The van der Waals surface area contributed by atoms with E-state index in [0.717, 1.165) is 32.5 Å². The molecule has 120 valence electrons. The van der Waals surface area contributed by atoms with Crippen molar-refractivity contribution in [1.29, 1.82) is 0 Å². The smallest absolute Gasteiger partial charge is 0.326 e. The van der Waals surface area contributed by atoms with E-state index in [0.29, 0.717) is 13.0 Å². The van der Waals surface area contributed by atoms with Gasteiger partial charge < -0.3 is 25.0 Å². The number of amides is 2. The summed E-state index contributed by atoms with van der Waals surface area (Å²) in [4.78, 5) is 27.3. The maximum absolute atomic E-state index is 12.4. The number of carbonyl (C=O) groups excluding carboxylic acids is 1. The fourth-order valence-corrected chi connectivity index (χ4v) is 3.14. The monoisotopic (exact) mass is 299 g/mol. The van der Waals surface area contributed by atoms with Crippen LogP contribution in [0.1, 0.15) is 26.2 Å². The number of piperidine rings is 1. The SMILES string of the molecule is CCN1CCCC(NC(=O)N2CC(OC)CC2C(=O)O)C1. The van der Waals surface area contributed by atoms with Gasteiger partial charge in [0.25, 0.3) is 0 Å². The molecule has 2 fully saturated rings. The van der Waals surface area contributed by atoms with Crippen molar-refractivity contribution >= 4 is 12.0 Å². The van der Waals surface area contributed by atoms with Crippen LogP contribution in [0.2, 0.25) is 0 Å². The van der Waals surface area contributed by atoms with Gasteiger partial charge in [0.05, 0.1) is 6.10 Å². The van der Waals surface area contributed by atoms with Crippen molar-refractivity contribution in [2.45, 2.75) is 44.4 Å². The molecule has 2 aliphatic rings. The standard InChI is InChI=1S/C14H25N3O4/c1-3-16-6-4-5-10(8-16)15-14(20)17-9-11(21-2)7-12(17)13(18)19/h10-12H,3-9H2,1-2H3,(H,15,20)(H,18,19). The van der Waals surface area contributed by atoms with Gasteiger partial charge in [-0.05, 0) is 25.9 Å². The Morgan fingerprint density at radius 3 is 2.76 bits per heavy atom. The highest BCUT2D eigenvalue weighted by Gasteiger charge is 2.40. The van der Waals surface area contributed by atoms with Crippen molar-refractivity contribution in [2.24, 2.45) is 0 Å². The Kier molecular flexibility index (Phi) is 5.41. The quantitative estimate of drug-likeness (QED) is 0.783. The summed E-state index contributed by atoms with van der Waals surface area (Å²) in [6.07, 6.45) is 2.16. The average Bonchev–Trinajstić information content (AvgIpc) is 2.92. The van der Waals surface area contributed by atoms with Crippen LogP contribution in [0.15, 0.2) is 0 Å². The fourth-order valence-electron chi connectivity index (χ4n) is 3.14. The molecule has 2 rings (SSSR count). The average molecular weight is 299 g/mol. The number of carboxylic acid groups (broad SMARTS) is 1. The zero-order valence-corrected chi connectivity index (χ0v) is 12.7. The van der Waals surface area contributed by atoms with Gasteiger partial charge in [0.15, 0.2) is 0 Å². The molecular weight excluding hydrogens is 274 g/mol. The Hall–Kier alpha value is -1.34. The van der Waals surface area contributed by atoms with E-state index >= 15 is 0 Å². The lowest BCUT2D eigenvalue weighted by molar-refractivity contribution is -0.141. The number of rotatable bonds is 4. The first-order valence-electron chi connectivity index (χ1n) is 7.60. The molecule has 0 aromatic carbocycles. The van der Waals surface area contributed by atoms with Gasteiger partial charge in [0.2, 0.25) is 0 Å². The fraction of sp³-hybridized carbons (Fsp3) is 0.857. The number of nitrogens with zero attached hydrogens (tertiary/aromatic N) is 2. The summed E-state index contributed by atoms with van der Waals surface area (Å²) in [5.41, 5.74) is 0. The predicted molar refractivity (Wildman–Crippen MR) is 77.2 cm³/mol. The second kappa shape index (κ2) is 7.09. The number of nitrogens with one attached hydrogen (secondary N) is 1. The van der Waals surface area contributed by atoms with Crippen molar-refractivity contribution in [3.05, 3.63) is 0 Å². The first kappa shape index (κ1) is 16.0. The molecule has 21 heavy (non-hydrogen) atoms. The Morgan fingerprint density at radius 2 is 2.14 bits per heavy atom. The minimum Gasteiger partial charge on any atom is -0.480 e. The van der Waals surface area contributed by atoms with E-state index < -0.39 is 12.0 Å². The van der Waals surface area contributed by atoms with E-state index in [2.05, 4.69) is 17.1 Å². The Balaban J connectivity index is 1.93. The van der Waals surface area contributed by atoms with Crippen LogP contribution in [0.3, 0.4) is 0 Å². The molecule has 2 saturated heterocycles. The molecule has 0 aliphatic carbocycles. The third kappa shape index (κ3) is 3.85. The van der Waals surface area contributed by atoms with Crippen LogP contribution in [0.25, 0.3) is 0 Å². The van der Waals surface area contributed by atoms with Crippen LogP contribution in [-0.2, 0) is 9.53 Å². The maximum atomic E-state index is 12.4. The zero-order valence-electron chi connectivity index (χ0n) is 12.7. The summed E-state index contributed by atoms with van der Waals surface area (Å²) in [5.74, 6) is -0.969. The van der Waals surface area contributed by atoms with Gasteiger partial charge in [-0.1, -0.05) is 6.92 Å². The van der Waals surface area contributed by atoms with Crippen LogP contribution in [0.4, 0.5) is 4.79 Å². The molecule has 2 aliphatic heterocycles. The number of hydrogen-bond acceptors (Lipinski definition) is 4. The molecule has 0 saturated carbocycles. The third-order valence-corrected chi connectivity index (χ3v) is 4.42. The van der Waals surface area contributed by atoms with Crippen molar-refractivity contribution in [3.8, 4) is 0 Å². The van der Waals surface area contributed by atoms with Gasteiger partial charge in [-0.25, -0.2) is 9.59 Å². The molecule has 3 unspecified atom stereocenters. The van der Waals surface area contributed by atoms with Gasteiger partial charge >= 0.3 is 12.0 Å². The Labute approximate surface area is 125 Å². The summed E-state index contributed by atoms with van der Waals surface area (Å²) in [7, 11) is 1.55. The molecule has 0 bridgehead atoms. The number of hydrogen-bond donors (Lipinski definition) is 2. The first-order chi connectivity index (χ1) is 10.0. The van der Waals surface area contributed by atoms with Crippen molar-refractivity contribution in [2.75, 3.05) is 33.3 Å². The minimum absolute atomic E-state index is 0.0993. The molecule has 0 radical (unpaired) electrons. The van der Waals surface area contributed by atoms with Crippen LogP contribution in [0, 0.1) is 0 Å². The molecule has 3 atom stereocenters. The lowest BCUT2D eigenvalue weighted by atomic mass is 10.1. The maximum Gasteiger partial charge on any atom is 0.326 e. The molecule has 2 heterocycles. The van der Waals surface area contributed by atoms with Crippen LogP contribution < -0.4 is 5.32 Å². The van der Waals surface area contributed by atoms with Crippen molar-refractivity contribution < 1.29 is 19.4 Å². The van der Waals surface area contributed by atoms with E-state index in [-0.39, 0.29) is 18.2 Å². The van der Waals surface area contributed by atoms with Crippen LogP contribution in [0.5, 0.6) is 0 Å². The summed E-state index contributed by atoms with van der Waals surface area (Å²) in [5, 5.41) is 12.2. The van der Waals surface area contributed by atoms with Gasteiger partial charge in [0, 0.05) is 32.7 Å². The van der Waals surface area contributed by atoms with E-state index in [1.807, 2.05) is 0 Å². The number of carboxylic acids is 1. The summed E-state index contributed by atoms with van der Waals surface area (Å²) in [6.45, 7) is 5.31. The predicted octanol–water partition coefficient (Wildman–Crippen LogP) is 0.354. The van der Waals surface area contributed by atoms with Gasteiger partial charge in [-0.15, -0.1) is 0 Å². The van der Waals surface area contributed by atoms with Crippen molar-refractivity contribution in [1.82, 2.24) is 15.1 Å². The van der Waals surface area contributed by atoms with E-state index in [1.165, 1.54) is 4.90 Å². The number of aliphatic carboxylic acids is 1. The molecule has 0 spiro atoms. The van der Waals surface area contributed by atoms with Gasteiger partial charge in [-0.3, -0.25) is 0 Å². The summed E-state index contributed by atoms with van der Waals surface area (Å²) in [6, 6.07) is -0.979. The molecule has 0 aromatic rings. The number of methoxy groups -OCH3 is 1. The Bertz CT molecular complexity index is 390. The largest absolute Gasteiger partial charge is 0.480 e. The number of carbonyl (C=O) groups is 2. The van der Waals surface area contributed by atoms with Crippen LogP contribution in [-0.4, -0.2) is 78.4 Å². The molecule has 7 heteroatoms. The van der Waals surface area contributed by atoms with E-state index in [1.54, 1.807) is 7.11 Å². The molecular formula is C14H25N3O4. The van der Waals surface area contributed by atoms with Crippen molar-refractivity contribution in [3.63, 3.8) is 0 Å². The lowest BCUT2D eigenvalue weighted by Crippen LogP contribution is -2.53. The number of urea groups is 1. The highest BCUT2D eigenvalue weighted by atomic mass is 16.5. The van der Waals surface area contributed by atoms with E-state index in [4.69, 9.17) is 4.74 Å². The second-order valence-electron chi connectivity index (χ2n) is 5.78. The molecule has 2 N–H and O–H groups in total. The zero-order chi connectivity index (χ0) is 15.4. The Morgan fingerprint density at radius 1 is 1.38 bits per heavy atom. The third-order valence-electron chi connectivity index (χ3n) is 4.42.